The number of alkyl halides is 1. The van der Waals surface area contributed by atoms with Gasteiger partial charge in [-0.25, -0.2) is 4.79 Å². The highest BCUT2D eigenvalue weighted by Crippen LogP contribution is 2.40. The molecule has 0 aromatic carbocycles. The van der Waals surface area contributed by atoms with E-state index < -0.39 is 17.4 Å². The molecule has 2 aliphatic rings. The lowest BCUT2D eigenvalue weighted by atomic mass is 10.1. The summed E-state index contributed by atoms with van der Waals surface area (Å²) in [5, 5.41) is 9.76. The van der Waals surface area contributed by atoms with Crippen LogP contribution in [-0.4, -0.2) is 35.2 Å². The number of hydrogen-bond acceptors (Lipinski definition) is 3. The van der Waals surface area contributed by atoms with E-state index in [2.05, 4.69) is 17.5 Å². The molecule has 0 heterocycles. The van der Waals surface area contributed by atoms with Gasteiger partial charge in [-0.2, -0.15) is 0 Å². The number of nitrogens with one attached hydrogen (secondary N) is 1. The Hall–Kier alpha value is -1.23. The highest BCUT2D eigenvalue weighted by molar-refractivity contribution is 6.29. The van der Waals surface area contributed by atoms with Crippen molar-refractivity contribution in [2.45, 2.75) is 24.3 Å². The van der Waals surface area contributed by atoms with E-state index in [1.54, 1.807) is 0 Å². The van der Waals surface area contributed by atoms with Crippen LogP contribution in [0.15, 0.2) is 12.2 Å². The average Bonchev–Trinajstić information content (AvgIpc) is 2.87. The predicted octanol–water partition coefficient (Wildman–Crippen LogP) is 1.37. The molecule has 94 valence electrons. The minimum atomic E-state index is -1.16. The number of aliphatic carboxylic acids is 1. The molecule has 3 unspecified atom stereocenters. The van der Waals surface area contributed by atoms with Gasteiger partial charge >= 0.3 is 12.1 Å². The van der Waals surface area contributed by atoms with Gasteiger partial charge in [0.15, 0.2) is 0 Å². The Morgan fingerprint density at radius 3 is 2.76 bits per heavy atom. The van der Waals surface area contributed by atoms with Crippen molar-refractivity contribution < 1.29 is 19.4 Å². The highest BCUT2D eigenvalue weighted by Gasteiger charge is 2.38. The normalized spacial score (nSPS) is 31.2. The van der Waals surface area contributed by atoms with Crippen molar-refractivity contribution in [2.24, 2.45) is 11.8 Å². The topological polar surface area (TPSA) is 75.6 Å². The molecule has 17 heavy (non-hydrogen) atoms. The molecule has 2 N–H and O–H groups in total. The van der Waals surface area contributed by atoms with Crippen LogP contribution < -0.4 is 5.32 Å². The number of allylic oxidation sites excluding steroid dienone is 1. The van der Waals surface area contributed by atoms with E-state index in [1.807, 2.05) is 0 Å². The van der Waals surface area contributed by atoms with Gasteiger partial charge in [0.25, 0.3) is 0 Å². The number of hydrogen-bond donors (Lipinski definition) is 2. The molecular weight excluding hydrogens is 246 g/mol. The number of halogens is 1. The zero-order valence-corrected chi connectivity index (χ0v) is 9.89. The highest BCUT2D eigenvalue weighted by atomic mass is 35.5. The van der Waals surface area contributed by atoms with Gasteiger partial charge in [-0.3, -0.25) is 4.79 Å². The molecule has 0 radical (unpaired) electrons. The maximum absolute atomic E-state index is 11.4. The molecule has 2 bridgehead atoms. The van der Waals surface area contributed by atoms with Crippen LogP contribution in [0.2, 0.25) is 0 Å². The van der Waals surface area contributed by atoms with Crippen LogP contribution in [0.3, 0.4) is 0 Å². The molecule has 2 rings (SSSR count). The molecule has 4 atom stereocenters. The fourth-order valence-corrected chi connectivity index (χ4v) is 2.38. The van der Waals surface area contributed by atoms with Crippen molar-refractivity contribution in [1.82, 2.24) is 5.32 Å². The van der Waals surface area contributed by atoms with Crippen molar-refractivity contribution in [3.8, 4) is 0 Å². The number of alkyl carbamates (subject to hydrolysis) is 1. The lowest BCUT2D eigenvalue weighted by Crippen LogP contribution is -2.36. The molecule has 0 aromatic rings. The Morgan fingerprint density at radius 1 is 1.47 bits per heavy atom. The number of rotatable bonds is 4. The van der Waals surface area contributed by atoms with Crippen molar-refractivity contribution >= 4 is 23.7 Å². The summed E-state index contributed by atoms with van der Waals surface area (Å²) in [4.78, 5) is 21.8. The van der Waals surface area contributed by atoms with E-state index in [9.17, 15) is 9.59 Å². The van der Waals surface area contributed by atoms with Gasteiger partial charge in [0.05, 0.1) is 0 Å². The van der Waals surface area contributed by atoms with Crippen molar-refractivity contribution in [3.63, 3.8) is 0 Å². The SMILES string of the molecule is O=C(NC[C@@H](Cl)C(=O)O)OC1CC2C=CC1C2. The molecule has 0 aromatic heterocycles. The number of carboxylic acids is 1. The Morgan fingerprint density at radius 2 is 2.24 bits per heavy atom. The van der Waals surface area contributed by atoms with E-state index in [4.69, 9.17) is 21.4 Å². The Labute approximate surface area is 104 Å². The Kier molecular flexibility index (Phi) is 3.57. The van der Waals surface area contributed by atoms with Crippen LogP contribution >= 0.6 is 11.6 Å². The molecular formula is C11H14ClNO4. The second kappa shape index (κ2) is 4.96. The van der Waals surface area contributed by atoms with Gasteiger partial charge in [-0.1, -0.05) is 12.2 Å². The van der Waals surface area contributed by atoms with Crippen LogP contribution in [0, 0.1) is 11.8 Å². The first-order valence-corrected chi connectivity index (χ1v) is 5.99. The Bertz CT molecular complexity index is 357. The standard InChI is InChI=1S/C11H14ClNO4/c12-8(10(14)15)5-13-11(16)17-9-4-6-1-2-7(9)3-6/h1-2,6-9H,3-5H2,(H,13,16)(H,14,15)/t6?,7?,8-,9?/m1/s1. The van der Waals surface area contributed by atoms with Crippen LogP contribution in [0.5, 0.6) is 0 Å². The van der Waals surface area contributed by atoms with Gasteiger partial charge in [-0.05, 0) is 18.8 Å². The average molecular weight is 260 g/mol. The lowest BCUT2D eigenvalue weighted by molar-refractivity contribution is -0.136. The number of carbonyl (C=O) groups excluding carboxylic acids is 1. The van der Waals surface area contributed by atoms with Gasteiger partial charge in [0, 0.05) is 12.5 Å². The summed E-state index contributed by atoms with van der Waals surface area (Å²) in [5.41, 5.74) is 0. The summed E-state index contributed by atoms with van der Waals surface area (Å²) >= 11 is 5.46. The van der Waals surface area contributed by atoms with Gasteiger partial charge < -0.3 is 15.2 Å². The zero-order valence-electron chi connectivity index (χ0n) is 9.14. The van der Waals surface area contributed by atoms with E-state index in [-0.39, 0.29) is 12.6 Å². The third kappa shape index (κ3) is 2.91. The van der Waals surface area contributed by atoms with Crippen molar-refractivity contribution in [3.05, 3.63) is 12.2 Å². The second-order valence-electron chi connectivity index (χ2n) is 4.41. The number of amides is 1. The molecule has 6 heteroatoms. The van der Waals surface area contributed by atoms with Crippen LogP contribution in [-0.2, 0) is 9.53 Å². The summed E-state index contributed by atoms with van der Waals surface area (Å²) in [6, 6.07) is 0. The van der Waals surface area contributed by atoms with E-state index in [1.165, 1.54) is 0 Å². The first-order chi connectivity index (χ1) is 8.06. The number of ether oxygens (including phenoxy) is 1. The maximum atomic E-state index is 11.4. The van der Waals surface area contributed by atoms with E-state index in [0.717, 1.165) is 12.8 Å². The third-order valence-electron chi connectivity index (χ3n) is 3.17. The zero-order chi connectivity index (χ0) is 12.4. The second-order valence-corrected chi connectivity index (χ2v) is 4.94. The first kappa shape index (κ1) is 12.2. The van der Waals surface area contributed by atoms with Gasteiger partial charge in [0.2, 0.25) is 0 Å². The fourth-order valence-electron chi connectivity index (χ4n) is 2.31. The van der Waals surface area contributed by atoms with Crippen LogP contribution in [0.4, 0.5) is 4.79 Å². The lowest BCUT2D eigenvalue weighted by Gasteiger charge is -2.19. The largest absolute Gasteiger partial charge is 0.480 e. The van der Waals surface area contributed by atoms with Crippen molar-refractivity contribution in [2.75, 3.05) is 6.54 Å². The summed E-state index contributed by atoms with van der Waals surface area (Å²) in [6.07, 6.45) is 5.46. The molecule has 5 nitrogen and oxygen atoms in total. The number of carboxylic acid groups (broad SMARTS) is 1. The molecule has 1 fully saturated rings. The molecule has 0 spiro atoms. The maximum Gasteiger partial charge on any atom is 0.407 e. The molecule has 1 amide bonds. The number of carbonyl (C=O) groups is 2. The quantitative estimate of drug-likeness (QED) is 0.591. The summed E-state index contributed by atoms with van der Waals surface area (Å²) < 4.78 is 5.22. The van der Waals surface area contributed by atoms with Crippen molar-refractivity contribution in [1.29, 1.82) is 0 Å². The summed E-state index contributed by atoms with van der Waals surface area (Å²) in [5.74, 6) is -0.315. The predicted molar refractivity (Wildman–Crippen MR) is 60.9 cm³/mol. The molecule has 1 saturated carbocycles. The minimum Gasteiger partial charge on any atom is -0.480 e. The van der Waals surface area contributed by atoms with Gasteiger partial charge in [-0.15, -0.1) is 11.6 Å². The summed E-state index contributed by atoms with van der Waals surface area (Å²) in [6.45, 7) is -0.133. The minimum absolute atomic E-state index is 0.0800. The number of fused-ring (bicyclic) bond motifs is 2. The van der Waals surface area contributed by atoms with Crippen LogP contribution in [0.1, 0.15) is 12.8 Å². The first-order valence-electron chi connectivity index (χ1n) is 5.56. The molecule has 2 aliphatic carbocycles. The summed E-state index contributed by atoms with van der Waals surface area (Å²) in [7, 11) is 0. The van der Waals surface area contributed by atoms with Gasteiger partial charge in [0.1, 0.15) is 11.5 Å². The van der Waals surface area contributed by atoms with Crippen LogP contribution in [0.25, 0.3) is 0 Å². The van der Waals surface area contributed by atoms with E-state index >= 15 is 0 Å². The third-order valence-corrected chi connectivity index (χ3v) is 3.51. The smallest absolute Gasteiger partial charge is 0.407 e. The Balaban J connectivity index is 1.71. The fraction of sp³-hybridized carbons (Fsp3) is 0.636. The monoisotopic (exact) mass is 259 g/mol. The molecule has 0 aliphatic heterocycles. The molecule has 0 saturated heterocycles. The van der Waals surface area contributed by atoms with E-state index in [0.29, 0.717) is 11.8 Å².